The van der Waals surface area contributed by atoms with E-state index in [9.17, 15) is 8.42 Å². The highest BCUT2D eigenvalue weighted by Crippen LogP contribution is 2.42. The topological polar surface area (TPSA) is 103 Å². The summed E-state index contributed by atoms with van der Waals surface area (Å²) in [5, 5.41) is 11.4. The van der Waals surface area contributed by atoms with E-state index in [1.807, 2.05) is 36.7 Å². The summed E-state index contributed by atoms with van der Waals surface area (Å²) in [5.41, 5.74) is 4.29. The number of nitrogens with zero attached hydrogens (tertiary/aromatic N) is 4. The minimum absolute atomic E-state index is 0.0263. The van der Waals surface area contributed by atoms with Crippen molar-refractivity contribution in [2.75, 3.05) is 19.6 Å². The van der Waals surface area contributed by atoms with Crippen LogP contribution in [0, 0.1) is 0 Å². The number of benzene rings is 3. The fourth-order valence-electron chi connectivity index (χ4n) is 5.89. The third-order valence-corrected chi connectivity index (χ3v) is 9.10. The van der Waals surface area contributed by atoms with Gasteiger partial charge >= 0.3 is 0 Å². The fourth-order valence-corrected chi connectivity index (χ4v) is 6.63. The molecule has 2 aromatic heterocycles. The Morgan fingerprint density at radius 3 is 2.33 bits per heavy atom. The summed E-state index contributed by atoms with van der Waals surface area (Å²) in [6.45, 7) is 3.40. The zero-order valence-corrected chi connectivity index (χ0v) is 23.0. The number of rotatable bonds is 7. The van der Waals surface area contributed by atoms with Crippen molar-refractivity contribution in [3.05, 3.63) is 79.3 Å². The van der Waals surface area contributed by atoms with Crippen LogP contribution in [0.2, 0.25) is 0 Å². The van der Waals surface area contributed by atoms with Gasteiger partial charge in [-0.1, -0.05) is 48.9 Å². The molecule has 0 amide bonds. The maximum atomic E-state index is 12.1. The lowest BCUT2D eigenvalue weighted by Gasteiger charge is -2.30. The Kier molecular flexibility index (Phi) is 6.10. The van der Waals surface area contributed by atoms with Crippen molar-refractivity contribution in [1.29, 1.82) is 0 Å². The maximum absolute atomic E-state index is 12.1. The normalized spacial score (nSPS) is 17.3. The van der Waals surface area contributed by atoms with Gasteiger partial charge in [-0.25, -0.2) is 23.1 Å². The number of aromatic nitrogens is 3. The summed E-state index contributed by atoms with van der Waals surface area (Å²) in [6.07, 6.45) is 11.7. The average Bonchev–Trinajstić information content (AvgIpc) is 3.58. The summed E-state index contributed by atoms with van der Waals surface area (Å²) in [4.78, 5) is 7.41. The summed E-state index contributed by atoms with van der Waals surface area (Å²) in [6, 6.07) is 18.9. The van der Waals surface area contributed by atoms with Crippen LogP contribution in [0.3, 0.4) is 0 Å². The molecule has 8 nitrogen and oxygen atoms in total. The standard InChI is InChI=1S/C31H31N5O3S/c32-40(37,38)29-13-12-26(25-6-2-3-7-27(25)29)28-19-34-36-20-23(18-33-30(28)36)22-8-10-24(11-9-22)39-31(14-15-31)21-35-16-4-1-5-17-35/h2-3,6-13,18-20H,1,4-5,14-17,21H2,(H2,32,37,38). The van der Waals surface area contributed by atoms with Gasteiger partial charge in [0.15, 0.2) is 5.65 Å². The Labute approximate surface area is 233 Å². The van der Waals surface area contributed by atoms with E-state index in [-0.39, 0.29) is 10.5 Å². The van der Waals surface area contributed by atoms with Crippen molar-refractivity contribution in [2.45, 2.75) is 42.6 Å². The summed E-state index contributed by atoms with van der Waals surface area (Å²) >= 11 is 0. The number of likely N-dealkylation sites (tertiary alicyclic amines) is 1. The van der Waals surface area contributed by atoms with Crippen molar-refractivity contribution in [2.24, 2.45) is 5.14 Å². The Morgan fingerprint density at radius 1 is 0.850 bits per heavy atom. The predicted molar refractivity (Wildman–Crippen MR) is 156 cm³/mol. The van der Waals surface area contributed by atoms with E-state index in [4.69, 9.17) is 14.9 Å². The smallest absolute Gasteiger partial charge is 0.238 e. The molecule has 2 N–H and O–H groups in total. The second-order valence-corrected chi connectivity index (χ2v) is 12.5. The molecule has 0 atom stereocenters. The molecule has 0 unspecified atom stereocenters. The van der Waals surface area contributed by atoms with Crippen LogP contribution in [0.4, 0.5) is 0 Å². The quantitative estimate of drug-likeness (QED) is 0.295. The molecular weight excluding hydrogens is 522 g/mol. The largest absolute Gasteiger partial charge is 0.486 e. The van der Waals surface area contributed by atoms with Gasteiger partial charge in [-0.2, -0.15) is 5.10 Å². The highest BCUT2D eigenvalue weighted by atomic mass is 32.2. The Balaban J connectivity index is 1.15. The lowest BCUT2D eigenvalue weighted by Crippen LogP contribution is -2.40. The van der Waals surface area contributed by atoms with Crippen LogP contribution in [0.15, 0.2) is 84.1 Å². The molecule has 0 bridgehead atoms. The SMILES string of the molecule is NS(=O)(=O)c1ccc(-c2cnn3cc(-c4ccc(OC5(CN6CCCCC6)CC5)cc4)cnc23)c2ccccc12. The van der Waals surface area contributed by atoms with E-state index in [1.165, 1.54) is 32.4 Å². The van der Waals surface area contributed by atoms with Crippen molar-refractivity contribution < 1.29 is 13.2 Å². The van der Waals surface area contributed by atoms with Gasteiger partial charge in [-0.15, -0.1) is 0 Å². The monoisotopic (exact) mass is 553 g/mol. The molecule has 1 saturated carbocycles. The van der Waals surface area contributed by atoms with E-state index in [1.54, 1.807) is 35.0 Å². The highest BCUT2D eigenvalue weighted by Gasteiger charge is 2.46. The van der Waals surface area contributed by atoms with Gasteiger partial charge in [0, 0.05) is 35.5 Å². The molecular formula is C31H31N5O3S. The molecule has 2 aliphatic rings. The van der Waals surface area contributed by atoms with Crippen LogP contribution in [-0.2, 0) is 10.0 Å². The van der Waals surface area contributed by atoms with Crippen LogP contribution in [0.5, 0.6) is 5.75 Å². The molecule has 1 aliphatic carbocycles. The summed E-state index contributed by atoms with van der Waals surface area (Å²) in [5.74, 6) is 0.906. The van der Waals surface area contributed by atoms with Gasteiger partial charge in [-0.3, -0.25) is 4.90 Å². The Hall–Kier alpha value is -3.79. The second-order valence-electron chi connectivity index (χ2n) is 11.0. The molecule has 0 radical (unpaired) electrons. The van der Waals surface area contributed by atoms with E-state index in [0.29, 0.717) is 11.0 Å². The zero-order chi connectivity index (χ0) is 27.3. The van der Waals surface area contributed by atoms with Crippen LogP contribution in [-0.4, -0.2) is 53.2 Å². The molecule has 3 heterocycles. The molecule has 5 aromatic rings. The number of piperidine rings is 1. The summed E-state index contributed by atoms with van der Waals surface area (Å²) in [7, 11) is -3.86. The molecule has 2 fully saturated rings. The van der Waals surface area contributed by atoms with Crippen LogP contribution in [0.25, 0.3) is 38.7 Å². The first-order valence-corrected chi connectivity index (χ1v) is 15.3. The number of hydrogen-bond acceptors (Lipinski definition) is 6. The highest BCUT2D eigenvalue weighted by molar-refractivity contribution is 7.89. The third kappa shape index (κ3) is 4.74. The number of hydrogen-bond donors (Lipinski definition) is 1. The molecule has 9 heteroatoms. The zero-order valence-electron chi connectivity index (χ0n) is 22.2. The molecule has 7 rings (SSSR count). The number of primary sulfonamides is 1. The van der Waals surface area contributed by atoms with Crippen molar-refractivity contribution in [3.8, 4) is 28.0 Å². The first kappa shape index (κ1) is 25.2. The van der Waals surface area contributed by atoms with Gasteiger partial charge in [-0.05, 0) is 73.5 Å². The Bertz CT molecular complexity index is 1820. The van der Waals surface area contributed by atoms with E-state index in [2.05, 4.69) is 22.1 Å². The van der Waals surface area contributed by atoms with E-state index in [0.717, 1.165) is 52.8 Å². The minimum atomic E-state index is -3.86. The van der Waals surface area contributed by atoms with Crippen molar-refractivity contribution >= 4 is 26.4 Å². The minimum Gasteiger partial charge on any atom is -0.486 e. The van der Waals surface area contributed by atoms with Crippen molar-refractivity contribution in [1.82, 2.24) is 19.5 Å². The summed E-state index contributed by atoms with van der Waals surface area (Å²) < 4.78 is 32.5. The molecule has 204 valence electrons. The maximum Gasteiger partial charge on any atom is 0.238 e. The number of nitrogens with two attached hydrogens (primary N) is 1. The van der Waals surface area contributed by atoms with Crippen LogP contribution in [0.1, 0.15) is 32.1 Å². The third-order valence-electron chi connectivity index (χ3n) is 8.13. The average molecular weight is 554 g/mol. The molecule has 1 saturated heterocycles. The number of fused-ring (bicyclic) bond motifs is 2. The van der Waals surface area contributed by atoms with Gasteiger partial charge in [0.1, 0.15) is 11.4 Å². The van der Waals surface area contributed by atoms with Gasteiger partial charge in [0.2, 0.25) is 10.0 Å². The second kappa shape index (κ2) is 9.69. The lowest BCUT2D eigenvalue weighted by atomic mass is 10.00. The van der Waals surface area contributed by atoms with Gasteiger partial charge in [0.25, 0.3) is 0 Å². The lowest BCUT2D eigenvalue weighted by molar-refractivity contribution is 0.101. The molecule has 3 aromatic carbocycles. The Morgan fingerprint density at radius 2 is 1.60 bits per heavy atom. The van der Waals surface area contributed by atoms with Gasteiger partial charge in [0.05, 0.1) is 11.1 Å². The van der Waals surface area contributed by atoms with Crippen LogP contribution >= 0.6 is 0 Å². The molecule has 1 aliphatic heterocycles. The van der Waals surface area contributed by atoms with Crippen LogP contribution < -0.4 is 9.88 Å². The first-order chi connectivity index (χ1) is 19.4. The fraction of sp³-hybridized carbons (Fsp3) is 0.290. The first-order valence-electron chi connectivity index (χ1n) is 13.8. The number of ether oxygens (including phenoxy) is 1. The van der Waals surface area contributed by atoms with Crippen molar-refractivity contribution in [3.63, 3.8) is 0 Å². The predicted octanol–water partition coefficient (Wildman–Crippen LogP) is 5.26. The van der Waals surface area contributed by atoms with E-state index >= 15 is 0 Å². The van der Waals surface area contributed by atoms with Gasteiger partial charge < -0.3 is 4.74 Å². The number of sulfonamides is 1. The molecule has 0 spiro atoms. The molecule has 40 heavy (non-hydrogen) atoms. The van der Waals surface area contributed by atoms with E-state index < -0.39 is 10.0 Å².